The van der Waals surface area contributed by atoms with Crippen molar-refractivity contribution in [3.63, 3.8) is 0 Å². The molecule has 0 radical (unpaired) electrons. The van der Waals surface area contributed by atoms with E-state index in [9.17, 15) is 39.6 Å². The number of sulfonamides is 1. The quantitative estimate of drug-likeness (QED) is 0.225. The van der Waals surface area contributed by atoms with Gasteiger partial charge in [-0.1, -0.05) is 23.4 Å². The van der Waals surface area contributed by atoms with E-state index in [1.54, 1.807) is 0 Å². The Kier molecular flexibility index (Phi) is 7.58. The average Bonchev–Trinajstić information content (AvgIpc) is 2.84. The third-order valence-corrected chi connectivity index (χ3v) is 7.81. The summed E-state index contributed by atoms with van der Waals surface area (Å²) < 4.78 is 108. The van der Waals surface area contributed by atoms with Crippen LogP contribution in [-0.2, 0) is 16.2 Å². The van der Waals surface area contributed by atoms with E-state index in [0.717, 1.165) is 42.1 Å². The first-order chi connectivity index (χ1) is 18.1. The fourth-order valence-corrected chi connectivity index (χ4v) is 5.32. The van der Waals surface area contributed by atoms with Crippen molar-refractivity contribution in [1.29, 1.82) is 0 Å². The van der Waals surface area contributed by atoms with Crippen molar-refractivity contribution in [2.24, 2.45) is 0 Å². The molecule has 0 fully saturated rings. The molecule has 15 heteroatoms. The van der Waals surface area contributed by atoms with E-state index < -0.39 is 38.5 Å². The number of halogens is 7. The molecule has 0 bridgehead atoms. The topological polar surface area (TPSA) is 88.3 Å². The number of pyridine rings is 1. The van der Waals surface area contributed by atoms with E-state index in [4.69, 9.17) is 16.3 Å². The predicted octanol–water partition coefficient (Wildman–Crippen LogP) is 7.29. The van der Waals surface area contributed by atoms with Crippen LogP contribution in [0.2, 0.25) is 5.02 Å². The van der Waals surface area contributed by atoms with Crippen LogP contribution in [0.5, 0.6) is 5.75 Å². The molecule has 0 saturated heterocycles. The second kappa shape index (κ2) is 10.3. The lowest BCUT2D eigenvalue weighted by molar-refractivity contribution is -0.137. The standard InChI is InChI=1S/C24H15ClF6N2O4S2/c1-37-19-9-3-13(25)11-17(19)20-16-10-12(23(26,27)28)2-8-18(16)32-22(34)21(20)38-15-6-4-14(5-7-15)33-39(35,36)24(29,30)31/h2-11,33H,1H3,(H,32,34). The number of ether oxygens (including phenoxy) is 1. The van der Waals surface area contributed by atoms with Crippen LogP contribution in [0.3, 0.4) is 0 Å². The molecule has 0 atom stereocenters. The van der Waals surface area contributed by atoms with Gasteiger partial charge in [-0.05, 0) is 60.7 Å². The van der Waals surface area contributed by atoms with E-state index in [1.165, 1.54) is 42.2 Å². The van der Waals surface area contributed by atoms with Crippen LogP contribution in [0, 0.1) is 0 Å². The van der Waals surface area contributed by atoms with Gasteiger partial charge in [-0.15, -0.1) is 0 Å². The smallest absolute Gasteiger partial charge is 0.496 e. The molecule has 206 valence electrons. The summed E-state index contributed by atoms with van der Waals surface area (Å²) in [5.41, 5.74) is -7.17. The van der Waals surface area contributed by atoms with Gasteiger partial charge in [0.05, 0.1) is 17.6 Å². The highest BCUT2D eigenvalue weighted by molar-refractivity contribution is 7.99. The molecule has 0 aliphatic carbocycles. The number of benzene rings is 3. The van der Waals surface area contributed by atoms with Gasteiger partial charge in [-0.3, -0.25) is 9.52 Å². The highest BCUT2D eigenvalue weighted by atomic mass is 35.5. The lowest BCUT2D eigenvalue weighted by atomic mass is 9.98. The minimum Gasteiger partial charge on any atom is -0.496 e. The third-order valence-electron chi connectivity index (χ3n) is 5.36. The van der Waals surface area contributed by atoms with Gasteiger partial charge in [0.2, 0.25) is 0 Å². The van der Waals surface area contributed by atoms with Crippen LogP contribution in [0.25, 0.3) is 22.0 Å². The van der Waals surface area contributed by atoms with Crippen molar-refractivity contribution in [2.75, 3.05) is 11.8 Å². The number of H-pyrrole nitrogens is 1. The maximum atomic E-state index is 13.6. The van der Waals surface area contributed by atoms with Crippen LogP contribution in [0.4, 0.5) is 32.0 Å². The molecule has 4 rings (SSSR count). The molecular formula is C24H15ClF6N2O4S2. The summed E-state index contributed by atoms with van der Waals surface area (Å²) in [4.78, 5) is 15.9. The molecule has 3 aromatic carbocycles. The molecule has 0 saturated carbocycles. The number of aromatic amines is 1. The summed E-state index contributed by atoms with van der Waals surface area (Å²) in [5.74, 6) is 0.211. The van der Waals surface area contributed by atoms with Crippen LogP contribution in [0.1, 0.15) is 5.56 Å². The second-order valence-corrected chi connectivity index (χ2v) is 11.1. The molecule has 2 N–H and O–H groups in total. The second-order valence-electron chi connectivity index (χ2n) is 7.94. The minimum atomic E-state index is -5.65. The third kappa shape index (κ3) is 5.97. The Morgan fingerprint density at radius 2 is 1.62 bits per heavy atom. The minimum absolute atomic E-state index is 0.0297. The summed E-state index contributed by atoms with van der Waals surface area (Å²) in [6, 6.07) is 11.8. The van der Waals surface area contributed by atoms with Crippen molar-refractivity contribution in [1.82, 2.24) is 4.98 Å². The zero-order valence-electron chi connectivity index (χ0n) is 19.4. The fraction of sp³-hybridized carbons (Fsp3) is 0.125. The number of alkyl halides is 6. The molecule has 0 spiro atoms. The number of anilines is 1. The molecule has 0 unspecified atom stereocenters. The first-order valence-electron chi connectivity index (χ1n) is 10.6. The zero-order valence-corrected chi connectivity index (χ0v) is 21.8. The Morgan fingerprint density at radius 1 is 0.949 bits per heavy atom. The maximum absolute atomic E-state index is 13.6. The number of aromatic nitrogens is 1. The Hall–Kier alpha value is -3.36. The molecule has 4 aromatic rings. The molecular weight excluding hydrogens is 594 g/mol. The normalized spacial score (nSPS) is 12.5. The van der Waals surface area contributed by atoms with Gasteiger partial charge >= 0.3 is 21.7 Å². The summed E-state index contributed by atoms with van der Waals surface area (Å²) in [5, 5.41) is 0.241. The van der Waals surface area contributed by atoms with Crippen LogP contribution < -0.4 is 15.0 Å². The van der Waals surface area contributed by atoms with Crippen LogP contribution in [-0.4, -0.2) is 26.0 Å². The first kappa shape index (κ1) is 28.6. The maximum Gasteiger partial charge on any atom is 0.516 e. The van der Waals surface area contributed by atoms with E-state index >= 15 is 0 Å². The average molecular weight is 609 g/mol. The van der Waals surface area contributed by atoms with Crippen molar-refractivity contribution in [2.45, 2.75) is 21.5 Å². The zero-order chi connectivity index (χ0) is 28.8. The molecule has 1 heterocycles. The Balaban J connectivity index is 1.90. The number of fused-ring (bicyclic) bond motifs is 1. The van der Waals surface area contributed by atoms with Crippen LogP contribution in [0.15, 0.2) is 75.2 Å². The van der Waals surface area contributed by atoms with E-state index in [2.05, 4.69) is 4.98 Å². The number of rotatable bonds is 6. The van der Waals surface area contributed by atoms with Gasteiger partial charge in [-0.25, -0.2) is 0 Å². The largest absolute Gasteiger partial charge is 0.516 e. The molecule has 6 nitrogen and oxygen atoms in total. The first-order valence-corrected chi connectivity index (χ1v) is 13.3. The SMILES string of the molecule is COc1ccc(Cl)cc1-c1c(Sc2ccc(NS(=O)(=O)C(F)(F)F)cc2)c(=O)[nH]c2ccc(C(F)(F)F)cc12. The summed E-state index contributed by atoms with van der Waals surface area (Å²) in [7, 11) is -4.32. The number of hydrogen-bond acceptors (Lipinski definition) is 5. The lowest BCUT2D eigenvalue weighted by Crippen LogP contribution is -2.29. The van der Waals surface area contributed by atoms with E-state index in [1.807, 2.05) is 0 Å². The van der Waals surface area contributed by atoms with Crippen molar-refractivity contribution in [3.05, 3.63) is 81.6 Å². The molecule has 39 heavy (non-hydrogen) atoms. The fourth-order valence-electron chi connectivity index (χ4n) is 3.61. The van der Waals surface area contributed by atoms with E-state index in [-0.39, 0.29) is 42.6 Å². The molecule has 1 aromatic heterocycles. The van der Waals surface area contributed by atoms with E-state index in [0.29, 0.717) is 0 Å². The predicted molar refractivity (Wildman–Crippen MR) is 136 cm³/mol. The van der Waals surface area contributed by atoms with Gasteiger partial charge in [0.15, 0.2) is 0 Å². The highest BCUT2D eigenvalue weighted by Crippen LogP contribution is 2.44. The Bertz CT molecular complexity index is 1720. The summed E-state index contributed by atoms with van der Waals surface area (Å²) >= 11 is 6.97. The Morgan fingerprint density at radius 3 is 2.21 bits per heavy atom. The van der Waals surface area contributed by atoms with Crippen molar-refractivity contribution in [3.8, 4) is 16.9 Å². The molecule has 0 aliphatic heterocycles. The molecule has 0 amide bonds. The highest BCUT2D eigenvalue weighted by Gasteiger charge is 2.46. The van der Waals surface area contributed by atoms with Gasteiger partial charge < -0.3 is 9.72 Å². The van der Waals surface area contributed by atoms with Gasteiger partial charge in [0.25, 0.3) is 5.56 Å². The lowest BCUT2D eigenvalue weighted by Gasteiger charge is -2.17. The molecule has 0 aliphatic rings. The van der Waals surface area contributed by atoms with Gasteiger partial charge in [-0.2, -0.15) is 34.8 Å². The summed E-state index contributed by atoms with van der Waals surface area (Å²) in [6.45, 7) is 0. The van der Waals surface area contributed by atoms with Gasteiger partial charge in [0.1, 0.15) is 5.75 Å². The summed E-state index contributed by atoms with van der Waals surface area (Å²) in [6.07, 6.45) is -4.69. The van der Waals surface area contributed by atoms with Gasteiger partial charge in [0, 0.05) is 37.6 Å². The number of hydrogen-bond donors (Lipinski definition) is 2. The number of methoxy groups -OCH3 is 1. The Labute approximate surface area is 226 Å². The number of nitrogens with one attached hydrogen (secondary N) is 2. The van der Waals surface area contributed by atoms with Crippen molar-refractivity contribution >= 4 is 50.0 Å². The monoisotopic (exact) mass is 608 g/mol. The van der Waals surface area contributed by atoms with Crippen molar-refractivity contribution < 1.29 is 39.5 Å². The van der Waals surface area contributed by atoms with Crippen LogP contribution >= 0.6 is 23.4 Å².